The zero-order valence-corrected chi connectivity index (χ0v) is 14.1. The lowest BCUT2D eigenvalue weighted by molar-refractivity contribution is 0.649. The molecule has 0 N–H and O–H groups in total. The first-order chi connectivity index (χ1) is 11.6. The Morgan fingerprint density at radius 2 is 1.79 bits per heavy atom. The van der Waals surface area contributed by atoms with Crippen molar-refractivity contribution >= 4 is 21.7 Å². The molecule has 0 bridgehead atoms. The van der Waals surface area contributed by atoms with Crippen LogP contribution >= 0.6 is 0 Å². The van der Waals surface area contributed by atoms with Gasteiger partial charge in [0.05, 0.1) is 11.2 Å². The fourth-order valence-corrected chi connectivity index (χ4v) is 4.32. The minimum absolute atomic E-state index is 0.0851. The third-order valence-electron chi connectivity index (χ3n) is 5.35. The van der Waals surface area contributed by atoms with E-state index in [4.69, 9.17) is 4.98 Å². The lowest BCUT2D eigenvalue weighted by Gasteiger charge is -2.35. The summed E-state index contributed by atoms with van der Waals surface area (Å²) in [5.74, 6) is 0. The van der Waals surface area contributed by atoms with E-state index in [0.717, 1.165) is 11.2 Å². The minimum atomic E-state index is -0.0851. The molecular formula is C22H18N2. The Labute approximate surface area is 141 Å². The van der Waals surface area contributed by atoms with Gasteiger partial charge >= 0.3 is 0 Å². The zero-order chi connectivity index (χ0) is 16.5. The average Bonchev–Trinajstić information content (AvgIpc) is 2.58. The maximum atomic E-state index is 4.76. The molecule has 2 heterocycles. The highest BCUT2D eigenvalue weighted by atomic mass is 14.7. The third-order valence-corrected chi connectivity index (χ3v) is 5.35. The van der Waals surface area contributed by atoms with Crippen molar-refractivity contribution in [3.8, 4) is 11.3 Å². The van der Waals surface area contributed by atoms with Crippen LogP contribution in [0.3, 0.4) is 0 Å². The molecule has 0 unspecified atom stereocenters. The van der Waals surface area contributed by atoms with Crippen molar-refractivity contribution in [3.63, 3.8) is 0 Å². The standard InChI is InChI=1S/C22H18N2/c1-13-11-14-8-10-24-21-16-6-7-18-15(5-4-9-23-18)20(16)22(2,3)17(12-13)19(14)21/h4-12H,1-3H3. The normalized spacial score (nSPS) is 14.8. The molecule has 2 aromatic carbocycles. The number of aryl methyl sites for hydroxylation is 1. The van der Waals surface area contributed by atoms with Crippen LogP contribution in [-0.4, -0.2) is 9.97 Å². The number of nitrogens with zero attached hydrogens (tertiary/aromatic N) is 2. The van der Waals surface area contributed by atoms with Crippen LogP contribution in [0.5, 0.6) is 0 Å². The SMILES string of the molecule is Cc1cc2c3c(nccc3c1)-c1ccc3ncccc3c1C2(C)C. The molecule has 0 saturated heterocycles. The van der Waals surface area contributed by atoms with Gasteiger partial charge in [-0.05, 0) is 41.6 Å². The number of benzene rings is 2. The molecule has 0 radical (unpaired) electrons. The molecule has 0 saturated carbocycles. The lowest BCUT2D eigenvalue weighted by atomic mass is 9.68. The van der Waals surface area contributed by atoms with Gasteiger partial charge in [-0.3, -0.25) is 9.97 Å². The van der Waals surface area contributed by atoms with Crippen LogP contribution in [0.1, 0.15) is 30.5 Å². The maximum absolute atomic E-state index is 4.76. The molecule has 24 heavy (non-hydrogen) atoms. The van der Waals surface area contributed by atoms with Gasteiger partial charge in [0.15, 0.2) is 0 Å². The zero-order valence-electron chi connectivity index (χ0n) is 14.1. The summed E-state index contributed by atoms with van der Waals surface area (Å²) >= 11 is 0. The summed E-state index contributed by atoms with van der Waals surface area (Å²) in [6.45, 7) is 6.82. The second-order valence-electron chi connectivity index (χ2n) is 7.25. The Bertz CT molecular complexity index is 1140. The van der Waals surface area contributed by atoms with Crippen molar-refractivity contribution in [2.75, 3.05) is 0 Å². The van der Waals surface area contributed by atoms with Crippen molar-refractivity contribution in [1.82, 2.24) is 9.97 Å². The van der Waals surface area contributed by atoms with Crippen molar-refractivity contribution in [1.29, 1.82) is 0 Å². The smallest absolute Gasteiger partial charge is 0.0786 e. The Balaban J connectivity index is 2.06. The summed E-state index contributed by atoms with van der Waals surface area (Å²) < 4.78 is 0. The highest BCUT2D eigenvalue weighted by Crippen LogP contribution is 2.50. The third kappa shape index (κ3) is 1.60. The fraction of sp³-hybridized carbons (Fsp3) is 0.182. The number of hydrogen-bond acceptors (Lipinski definition) is 2. The molecule has 5 rings (SSSR count). The van der Waals surface area contributed by atoms with Crippen molar-refractivity contribution in [2.24, 2.45) is 0 Å². The van der Waals surface area contributed by atoms with E-state index in [2.05, 4.69) is 62.2 Å². The second kappa shape index (κ2) is 4.41. The summed E-state index contributed by atoms with van der Waals surface area (Å²) in [7, 11) is 0. The van der Waals surface area contributed by atoms with Crippen LogP contribution in [0, 0.1) is 6.92 Å². The van der Waals surface area contributed by atoms with Crippen LogP contribution in [-0.2, 0) is 5.41 Å². The maximum Gasteiger partial charge on any atom is 0.0786 e. The summed E-state index contributed by atoms with van der Waals surface area (Å²) in [6, 6.07) is 15.2. The average molecular weight is 310 g/mol. The van der Waals surface area contributed by atoms with E-state index in [1.165, 1.54) is 38.4 Å². The van der Waals surface area contributed by atoms with Crippen LogP contribution < -0.4 is 0 Å². The molecule has 2 nitrogen and oxygen atoms in total. The number of hydrogen-bond donors (Lipinski definition) is 0. The van der Waals surface area contributed by atoms with Gasteiger partial charge in [0.1, 0.15) is 0 Å². The van der Waals surface area contributed by atoms with Crippen LogP contribution in [0.15, 0.2) is 54.9 Å². The van der Waals surface area contributed by atoms with E-state index in [1.807, 2.05) is 18.5 Å². The minimum Gasteiger partial charge on any atom is -0.256 e. The van der Waals surface area contributed by atoms with E-state index >= 15 is 0 Å². The van der Waals surface area contributed by atoms with Crippen LogP contribution in [0.25, 0.3) is 32.9 Å². The first-order valence-corrected chi connectivity index (χ1v) is 8.36. The van der Waals surface area contributed by atoms with E-state index < -0.39 is 0 Å². The van der Waals surface area contributed by atoms with Gasteiger partial charge in [0, 0.05) is 34.1 Å². The molecule has 0 atom stereocenters. The Morgan fingerprint density at radius 1 is 0.917 bits per heavy atom. The lowest BCUT2D eigenvalue weighted by Crippen LogP contribution is -2.24. The molecule has 1 aliphatic rings. The Kier molecular flexibility index (Phi) is 2.52. The van der Waals surface area contributed by atoms with E-state index in [-0.39, 0.29) is 5.41 Å². The highest BCUT2D eigenvalue weighted by molar-refractivity contribution is 6.05. The Hall–Kier alpha value is -2.74. The summed E-state index contributed by atoms with van der Waals surface area (Å²) in [5.41, 5.74) is 7.30. The predicted molar refractivity (Wildman–Crippen MR) is 99.3 cm³/mol. The molecule has 1 aliphatic carbocycles. The topological polar surface area (TPSA) is 25.8 Å². The van der Waals surface area contributed by atoms with Gasteiger partial charge in [-0.1, -0.05) is 43.7 Å². The number of fused-ring (bicyclic) bond motifs is 4. The van der Waals surface area contributed by atoms with Crippen LogP contribution in [0.2, 0.25) is 0 Å². The first-order valence-electron chi connectivity index (χ1n) is 8.36. The molecule has 0 amide bonds. The summed E-state index contributed by atoms with van der Waals surface area (Å²) in [5, 5.41) is 3.80. The van der Waals surface area contributed by atoms with Crippen molar-refractivity contribution in [2.45, 2.75) is 26.2 Å². The molecule has 0 spiro atoms. The van der Waals surface area contributed by atoms with Gasteiger partial charge in [0.2, 0.25) is 0 Å². The summed E-state index contributed by atoms with van der Waals surface area (Å²) in [4.78, 5) is 9.32. The van der Waals surface area contributed by atoms with Crippen molar-refractivity contribution in [3.05, 3.63) is 71.5 Å². The van der Waals surface area contributed by atoms with Gasteiger partial charge in [0.25, 0.3) is 0 Å². The van der Waals surface area contributed by atoms with Gasteiger partial charge in [-0.25, -0.2) is 0 Å². The van der Waals surface area contributed by atoms with Gasteiger partial charge < -0.3 is 0 Å². The van der Waals surface area contributed by atoms with Crippen molar-refractivity contribution < 1.29 is 0 Å². The molecule has 0 aliphatic heterocycles. The number of rotatable bonds is 0. The van der Waals surface area contributed by atoms with E-state index in [1.54, 1.807) is 0 Å². The summed E-state index contributed by atoms with van der Waals surface area (Å²) in [6.07, 6.45) is 3.79. The second-order valence-corrected chi connectivity index (χ2v) is 7.25. The monoisotopic (exact) mass is 310 g/mol. The molecule has 2 heteroatoms. The number of pyridine rings is 2. The van der Waals surface area contributed by atoms with E-state index in [9.17, 15) is 0 Å². The largest absolute Gasteiger partial charge is 0.256 e. The van der Waals surface area contributed by atoms with E-state index in [0.29, 0.717) is 0 Å². The highest BCUT2D eigenvalue weighted by Gasteiger charge is 2.35. The first kappa shape index (κ1) is 13.7. The van der Waals surface area contributed by atoms with Crippen LogP contribution in [0.4, 0.5) is 0 Å². The molecule has 0 fully saturated rings. The number of aromatic nitrogens is 2. The Morgan fingerprint density at radius 3 is 2.67 bits per heavy atom. The quantitative estimate of drug-likeness (QED) is 0.435. The molecule has 116 valence electrons. The molecule has 2 aromatic heterocycles. The van der Waals surface area contributed by atoms with Gasteiger partial charge in [-0.2, -0.15) is 0 Å². The fourth-order valence-electron chi connectivity index (χ4n) is 4.32. The van der Waals surface area contributed by atoms with Gasteiger partial charge in [-0.15, -0.1) is 0 Å². The predicted octanol–water partition coefficient (Wildman–Crippen LogP) is 5.40. The molecule has 4 aromatic rings. The molecular weight excluding hydrogens is 292 g/mol.